The average Bonchev–Trinajstić information content (AvgIpc) is 3.26. The maximum Gasteiger partial charge on any atom is 0.158 e. The fraction of sp³-hybridized carbons (Fsp3) is 0.412. The van der Waals surface area contributed by atoms with Crippen molar-refractivity contribution >= 4 is 17.0 Å². The highest BCUT2D eigenvalue weighted by Gasteiger charge is 2.26. The normalized spacial score (nSPS) is 22.4. The molecule has 1 unspecified atom stereocenters. The minimum atomic E-state index is -0.0276. The summed E-state index contributed by atoms with van der Waals surface area (Å²) < 4.78 is 0. The van der Waals surface area contributed by atoms with Crippen LogP contribution in [0, 0.1) is 6.07 Å². The third-order valence-corrected chi connectivity index (χ3v) is 5.26. The van der Waals surface area contributed by atoms with Gasteiger partial charge in [0.25, 0.3) is 0 Å². The van der Waals surface area contributed by atoms with Crippen LogP contribution in [0.15, 0.2) is 34.8 Å². The summed E-state index contributed by atoms with van der Waals surface area (Å²) in [5.41, 5.74) is 2.99. The zero-order chi connectivity index (χ0) is 14.8. The Labute approximate surface area is 134 Å². The summed E-state index contributed by atoms with van der Waals surface area (Å²) in [6.07, 6.45) is 3.10. The van der Waals surface area contributed by atoms with Gasteiger partial charge in [0.1, 0.15) is 5.71 Å². The summed E-state index contributed by atoms with van der Waals surface area (Å²) in [5, 5.41) is 11.0. The Morgan fingerprint density at radius 3 is 3.00 bits per heavy atom. The van der Waals surface area contributed by atoms with Crippen LogP contribution in [0.5, 0.6) is 0 Å². The molecule has 1 saturated heterocycles. The van der Waals surface area contributed by atoms with Gasteiger partial charge in [-0.15, -0.1) is 11.3 Å². The first-order valence-corrected chi connectivity index (χ1v) is 8.64. The van der Waals surface area contributed by atoms with E-state index in [2.05, 4.69) is 21.9 Å². The molecule has 0 spiro atoms. The molecule has 2 aliphatic rings. The van der Waals surface area contributed by atoms with Gasteiger partial charge in [-0.05, 0) is 32.0 Å². The second-order valence-corrected chi connectivity index (χ2v) is 6.64. The van der Waals surface area contributed by atoms with Crippen LogP contribution < -0.4 is 5.32 Å². The minimum absolute atomic E-state index is 0.0276. The van der Waals surface area contributed by atoms with Crippen LogP contribution >= 0.6 is 11.3 Å². The Hall–Kier alpha value is -1.72. The first-order chi connectivity index (χ1) is 10.9. The third-order valence-electron chi connectivity index (χ3n) is 4.25. The molecule has 113 valence electrons. The number of hydrogen-bond acceptors (Lipinski definition) is 5. The van der Waals surface area contributed by atoms with Crippen molar-refractivity contribution in [3.63, 3.8) is 0 Å². The van der Waals surface area contributed by atoms with Gasteiger partial charge in [0.05, 0.1) is 10.7 Å². The molecule has 4 nitrogen and oxygen atoms in total. The molecule has 1 N–H and O–H groups in total. The number of thiazole rings is 1. The smallest absolute Gasteiger partial charge is 0.158 e. The van der Waals surface area contributed by atoms with E-state index in [1.54, 1.807) is 11.3 Å². The standard InChI is InChI=1S/C17H18N3OS/c1-2-4-12(5-3-1)16-10-14(20-21-16)15-11-22-17(19-15)13-6-8-18-9-7-13/h1-4,11,13,16,18H,6-10H2. The van der Waals surface area contributed by atoms with Gasteiger partial charge < -0.3 is 10.2 Å². The van der Waals surface area contributed by atoms with E-state index in [1.807, 2.05) is 24.3 Å². The van der Waals surface area contributed by atoms with E-state index in [0.29, 0.717) is 5.92 Å². The van der Waals surface area contributed by atoms with Gasteiger partial charge in [0, 0.05) is 23.3 Å². The van der Waals surface area contributed by atoms with Gasteiger partial charge in [0.2, 0.25) is 0 Å². The van der Waals surface area contributed by atoms with Crippen LogP contribution in [-0.2, 0) is 4.84 Å². The van der Waals surface area contributed by atoms with E-state index < -0.39 is 0 Å². The zero-order valence-electron chi connectivity index (χ0n) is 12.3. The summed E-state index contributed by atoms with van der Waals surface area (Å²) in [5.74, 6) is 0.598. The summed E-state index contributed by atoms with van der Waals surface area (Å²) >= 11 is 1.76. The molecule has 4 rings (SSSR count). The number of piperidine rings is 1. The molecule has 1 radical (unpaired) electrons. The van der Waals surface area contributed by atoms with E-state index in [-0.39, 0.29) is 6.10 Å². The Balaban J connectivity index is 1.46. The molecule has 5 heteroatoms. The molecule has 0 amide bonds. The predicted octanol–water partition coefficient (Wildman–Crippen LogP) is 3.28. The SMILES string of the molecule is [c]1ccccc1C1CC(c2csc(C3CCNCC3)n2)=NO1. The van der Waals surface area contributed by atoms with Crippen molar-refractivity contribution in [1.29, 1.82) is 0 Å². The number of nitrogens with one attached hydrogen (secondary N) is 1. The van der Waals surface area contributed by atoms with E-state index in [0.717, 1.165) is 36.5 Å². The highest BCUT2D eigenvalue weighted by Crippen LogP contribution is 2.32. The van der Waals surface area contributed by atoms with Gasteiger partial charge >= 0.3 is 0 Å². The monoisotopic (exact) mass is 312 g/mol. The van der Waals surface area contributed by atoms with Crippen molar-refractivity contribution in [3.05, 3.63) is 52.0 Å². The van der Waals surface area contributed by atoms with Gasteiger partial charge in [0.15, 0.2) is 6.10 Å². The first kappa shape index (κ1) is 13.9. The van der Waals surface area contributed by atoms with Crippen molar-refractivity contribution in [2.75, 3.05) is 13.1 Å². The van der Waals surface area contributed by atoms with E-state index in [1.165, 1.54) is 17.8 Å². The summed E-state index contributed by atoms with van der Waals surface area (Å²) in [4.78, 5) is 10.4. The van der Waals surface area contributed by atoms with Crippen molar-refractivity contribution in [2.45, 2.75) is 31.3 Å². The molecule has 22 heavy (non-hydrogen) atoms. The Morgan fingerprint density at radius 1 is 1.27 bits per heavy atom. The molecular formula is C17H18N3OS. The fourth-order valence-corrected chi connectivity index (χ4v) is 3.98. The highest BCUT2D eigenvalue weighted by molar-refractivity contribution is 7.09. The molecule has 0 aliphatic carbocycles. The lowest BCUT2D eigenvalue weighted by molar-refractivity contribution is 0.0855. The highest BCUT2D eigenvalue weighted by atomic mass is 32.1. The lowest BCUT2D eigenvalue weighted by Gasteiger charge is -2.20. The number of aromatic nitrogens is 1. The zero-order valence-corrected chi connectivity index (χ0v) is 13.1. The van der Waals surface area contributed by atoms with Gasteiger partial charge in [-0.2, -0.15) is 0 Å². The average molecular weight is 312 g/mol. The molecular weight excluding hydrogens is 294 g/mol. The van der Waals surface area contributed by atoms with Crippen LogP contribution in [0.1, 0.15) is 47.5 Å². The van der Waals surface area contributed by atoms with Gasteiger partial charge in [-0.3, -0.25) is 0 Å². The summed E-state index contributed by atoms with van der Waals surface area (Å²) in [6, 6.07) is 11.1. The Morgan fingerprint density at radius 2 is 2.18 bits per heavy atom. The molecule has 2 aromatic rings. The fourth-order valence-electron chi connectivity index (χ4n) is 2.98. The minimum Gasteiger partial charge on any atom is -0.387 e. The van der Waals surface area contributed by atoms with E-state index >= 15 is 0 Å². The van der Waals surface area contributed by atoms with Crippen LogP contribution in [0.25, 0.3) is 0 Å². The van der Waals surface area contributed by atoms with E-state index in [9.17, 15) is 0 Å². The molecule has 3 heterocycles. The second-order valence-electron chi connectivity index (χ2n) is 5.75. The van der Waals surface area contributed by atoms with Crippen LogP contribution in [0.3, 0.4) is 0 Å². The number of hydrogen-bond donors (Lipinski definition) is 1. The van der Waals surface area contributed by atoms with Crippen molar-refractivity contribution in [2.24, 2.45) is 5.16 Å². The van der Waals surface area contributed by atoms with Crippen molar-refractivity contribution in [3.8, 4) is 0 Å². The number of oxime groups is 1. The van der Waals surface area contributed by atoms with Crippen molar-refractivity contribution < 1.29 is 4.84 Å². The lowest BCUT2D eigenvalue weighted by atomic mass is 9.99. The van der Waals surface area contributed by atoms with Crippen molar-refractivity contribution in [1.82, 2.24) is 10.3 Å². The largest absolute Gasteiger partial charge is 0.387 e. The molecule has 0 saturated carbocycles. The Kier molecular flexibility index (Phi) is 3.91. The molecule has 1 aromatic carbocycles. The number of nitrogens with zero attached hydrogens (tertiary/aromatic N) is 2. The molecule has 0 bridgehead atoms. The Bertz CT molecular complexity index is 662. The van der Waals surface area contributed by atoms with Crippen LogP contribution in [-0.4, -0.2) is 23.8 Å². The van der Waals surface area contributed by atoms with Gasteiger partial charge in [-0.25, -0.2) is 4.98 Å². The topological polar surface area (TPSA) is 46.5 Å². The predicted molar refractivity (Wildman–Crippen MR) is 87.2 cm³/mol. The number of benzene rings is 1. The second kappa shape index (κ2) is 6.18. The van der Waals surface area contributed by atoms with Crippen LogP contribution in [0.4, 0.5) is 0 Å². The van der Waals surface area contributed by atoms with Gasteiger partial charge in [-0.1, -0.05) is 29.4 Å². The lowest BCUT2D eigenvalue weighted by Crippen LogP contribution is -2.26. The van der Waals surface area contributed by atoms with E-state index in [4.69, 9.17) is 9.82 Å². The maximum absolute atomic E-state index is 5.57. The third kappa shape index (κ3) is 2.78. The molecule has 1 atom stereocenters. The maximum atomic E-state index is 5.57. The summed E-state index contributed by atoms with van der Waals surface area (Å²) in [7, 11) is 0. The quantitative estimate of drug-likeness (QED) is 0.946. The number of rotatable bonds is 3. The summed E-state index contributed by atoms with van der Waals surface area (Å²) in [6.45, 7) is 2.19. The van der Waals surface area contributed by atoms with Crippen LogP contribution in [0.2, 0.25) is 0 Å². The molecule has 2 aliphatic heterocycles. The molecule has 1 fully saturated rings. The molecule has 1 aromatic heterocycles. The first-order valence-electron chi connectivity index (χ1n) is 7.76.